The lowest BCUT2D eigenvalue weighted by Gasteiger charge is -2.16. The quantitative estimate of drug-likeness (QED) is 0.345. The van der Waals surface area contributed by atoms with Gasteiger partial charge in [-0.1, -0.05) is 0 Å². The zero-order chi connectivity index (χ0) is 24.8. The topological polar surface area (TPSA) is 154 Å². The molecule has 1 aliphatic rings. The SMILES string of the molecule is COC(=O)c1ccc(N2C[C@@H](C(=O)OCC(=O)Nc3cc(OC)ccc3[N+](=O)[O-])CC2=O)cc1. The molecule has 2 aromatic carbocycles. The summed E-state index contributed by atoms with van der Waals surface area (Å²) < 4.78 is 14.7. The van der Waals surface area contributed by atoms with E-state index in [0.717, 1.165) is 0 Å². The molecular weight excluding hydrogens is 450 g/mol. The molecule has 1 N–H and O–H groups in total. The second-order valence-corrected chi connectivity index (χ2v) is 7.24. The summed E-state index contributed by atoms with van der Waals surface area (Å²) in [6.07, 6.45) is -0.111. The van der Waals surface area contributed by atoms with E-state index in [0.29, 0.717) is 17.0 Å². The number of nitro benzene ring substituents is 1. The van der Waals surface area contributed by atoms with Crippen molar-refractivity contribution in [1.82, 2.24) is 0 Å². The van der Waals surface area contributed by atoms with Gasteiger partial charge in [-0.3, -0.25) is 24.5 Å². The Hall–Kier alpha value is -4.48. The standard InChI is InChI=1S/C22H21N3O9/c1-32-16-7-8-18(25(30)31)17(10-16)23-19(26)12-34-22(29)14-9-20(27)24(11-14)15-5-3-13(4-6-15)21(28)33-2/h3-8,10,14H,9,11-12H2,1-2H3,(H,23,26)/t14-/m0/s1. The van der Waals surface area contributed by atoms with Gasteiger partial charge in [0.15, 0.2) is 6.61 Å². The summed E-state index contributed by atoms with van der Waals surface area (Å²) >= 11 is 0. The largest absolute Gasteiger partial charge is 0.497 e. The van der Waals surface area contributed by atoms with Crippen LogP contribution in [0.1, 0.15) is 16.8 Å². The maximum atomic E-state index is 12.4. The number of nitrogens with zero attached hydrogens (tertiary/aromatic N) is 2. The molecule has 0 saturated carbocycles. The molecule has 2 amide bonds. The van der Waals surface area contributed by atoms with Crippen LogP contribution in [0.15, 0.2) is 42.5 Å². The van der Waals surface area contributed by atoms with Gasteiger partial charge in [0, 0.05) is 30.8 Å². The van der Waals surface area contributed by atoms with E-state index in [-0.39, 0.29) is 30.2 Å². The molecule has 1 fully saturated rings. The molecule has 34 heavy (non-hydrogen) atoms. The number of anilines is 2. The summed E-state index contributed by atoms with van der Waals surface area (Å²) in [7, 11) is 2.63. The fourth-order valence-corrected chi connectivity index (χ4v) is 3.35. The van der Waals surface area contributed by atoms with E-state index in [9.17, 15) is 29.3 Å². The van der Waals surface area contributed by atoms with E-state index < -0.39 is 35.3 Å². The molecule has 0 bridgehead atoms. The van der Waals surface area contributed by atoms with E-state index in [1.165, 1.54) is 49.5 Å². The molecule has 2 aromatic rings. The number of ether oxygens (including phenoxy) is 3. The molecule has 0 spiro atoms. The fraction of sp³-hybridized carbons (Fsp3) is 0.273. The van der Waals surface area contributed by atoms with E-state index >= 15 is 0 Å². The van der Waals surface area contributed by atoms with Gasteiger partial charge >= 0.3 is 11.9 Å². The Morgan fingerprint density at radius 3 is 2.47 bits per heavy atom. The molecule has 0 unspecified atom stereocenters. The summed E-state index contributed by atoms with van der Waals surface area (Å²) in [6, 6.07) is 9.95. The minimum absolute atomic E-state index is 0.0399. The van der Waals surface area contributed by atoms with E-state index in [1.807, 2.05) is 0 Å². The highest BCUT2D eigenvalue weighted by Gasteiger charge is 2.36. The van der Waals surface area contributed by atoms with E-state index in [2.05, 4.69) is 10.1 Å². The number of nitrogens with one attached hydrogen (secondary N) is 1. The zero-order valence-electron chi connectivity index (χ0n) is 18.3. The van der Waals surface area contributed by atoms with Gasteiger partial charge in [-0.05, 0) is 30.3 Å². The monoisotopic (exact) mass is 471 g/mol. The first-order valence-electron chi connectivity index (χ1n) is 10.0. The minimum Gasteiger partial charge on any atom is -0.497 e. The summed E-state index contributed by atoms with van der Waals surface area (Å²) in [5.41, 5.74) is 0.353. The first kappa shape index (κ1) is 24.2. The molecule has 0 aliphatic carbocycles. The Labute approximate surface area is 193 Å². The molecule has 1 aliphatic heterocycles. The molecule has 0 aromatic heterocycles. The Kier molecular flexibility index (Phi) is 7.41. The van der Waals surface area contributed by atoms with Crippen LogP contribution < -0.4 is 15.0 Å². The van der Waals surface area contributed by atoms with Crippen molar-refractivity contribution in [1.29, 1.82) is 0 Å². The van der Waals surface area contributed by atoms with Crippen LogP contribution in [-0.2, 0) is 23.9 Å². The van der Waals surface area contributed by atoms with Crippen LogP contribution in [0, 0.1) is 16.0 Å². The average Bonchev–Trinajstić information content (AvgIpc) is 3.23. The van der Waals surface area contributed by atoms with Crippen molar-refractivity contribution in [2.24, 2.45) is 5.92 Å². The van der Waals surface area contributed by atoms with Crippen LogP contribution in [-0.4, -0.2) is 56.0 Å². The number of amides is 2. The zero-order valence-corrected chi connectivity index (χ0v) is 18.3. The van der Waals surface area contributed by atoms with Gasteiger partial charge in [0.2, 0.25) is 5.91 Å². The van der Waals surface area contributed by atoms with Crippen LogP contribution in [0.3, 0.4) is 0 Å². The number of hydrogen-bond acceptors (Lipinski definition) is 9. The number of carbonyl (C=O) groups excluding carboxylic acids is 4. The number of benzene rings is 2. The van der Waals surface area contributed by atoms with Crippen molar-refractivity contribution in [3.63, 3.8) is 0 Å². The lowest BCUT2D eigenvalue weighted by molar-refractivity contribution is -0.383. The highest BCUT2D eigenvalue weighted by Crippen LogP contribution is 2.29. The van der Waals surface area contributed by atoms with Crippen LogP contribution in [0.2, 0.25) is 0 Å². The van der Waals surface area contributed by atoms with Crippen molar-refractivity contribution >= 4 is 40.8 Å². The second-order valence-electron chi connectivity index (χ2n) is 7.24. The van der Waals surface area contributed by atoms with Crippen LogP contribution >= 0.6 is 0 Å². The molecule has 12 nitrogen and oxygen atoms in total. The molecule has 0 radical (unpaired) electrons. The maximum Gasteiger partial charge on any atom is 0.337 e. The lowest BCUT2D eigenvalue weighted by Crippen LogP contribution is -2.28. The molecule has 1 atom stereocenters. The normalized spacial score (nSPS) is 14.9. The van der Waals surface area contributed by atoms with Crippen LogP contribution in [0.25, 0.3) is 0 Å². The molecule has 12 heteroatoms. The third-order valence-electron chi connectivity index (χ3n) is 5.08. The van der Waals surface area contributed by atoms with Gasteiger partial charge in [0.05, 0.1) is 30.6 Å². The second kappa shape index (κ2) is 10.4. The van der Waals surface area contributed by atoms with Crippen molar-refractivity contribution in [2.45, 2.75) is 6.42 Å². The number of hydrogen-bond donors (Lipinski definition) is 1. The van der Waals surface area contributed by atoms with Crippen molar-refractivity contribution < 1.29 is 38.3 Å². The summed E-state index contributed by atoms with van der Waals surface area (Å²) in [5.74, 6) is -2.88. The molecule has 1 heterocycles. The predicted octanol–water partition coefficient (Wildman–Crippen LogP) is 1.92. The Morgan fingerprint density at radius 1 is 1.15 bits per heavy atom. The lowest BCUT2D eigenvalue weighted by atomic mass is 10.1. The summed E-state index contributed by atoms with van der Waals surface area (Å²) in [4.78, 5) is 60.4. The molecule has 3 rings (SSSR count). The van der Waals surface area contributed by atoms with E-state index in [1.54, 1.807) is 12.1 Å². The van der Waals surface area contributed by atoms with Gasteiger partial charge < -0.3 is 24.4 Å². The van der Waals surface area contributed by atoms with Gasteiger partial charge in [-0.2, -0.15) is 0 Å². The first-order chi connectivity index (χ1) is 16.2. The highest BCUT2D eigenvalue weighted by molar-refractivity contribution is 6.00. The van der Waals surface area contributed by atoms with Crippen molar-refractivity contribution in [3.05, 3.63) is 58.1 Å². The first-order valence-corrected chi connectivity index (χ1v) is 10.0. The molecule has 178 valence electrons. The number of nitro groups is 1. The van der Waals surface area contributed by atoms with Gasteiger partial charge in [-0.15, -0.1) is 0 Å². The van der Waals surface area contributed by atoms with Gasteiger partial charge in [0.1, 0.15) is 11.4 Å². The van der Waals surface area contributed by atoms with Crippen molar-refractivity contribution in [3.8, 4) is 5.75 Å². The number of carbonyl (C=O) groups is 4. The highest BCUT2D eigenvalue weighted by atomic mass is 16.6. The minimum atomic E-state index is -0.799. The van der Waals surface area contributed by atoms with E-state index in [4.69, 9.17) is 9.47 Å². The average molecular weight is 471 g/mol. The fourth-order valence-electron chi connectivity index (χ4n) is 3.35. The Balaban J connectivity index is 1.57. The third-order valence-corrected chi connectivity index (χ3v) is 5.08. The van der Waals surface area contributed by atoms with Crippen LogP contribution in [0.4, 0.5) is 17.1 Å². The van der Waals surface area contributed by atoms with Gasteiger partial charge in [0.25, 0.3) is 11.6 Å². The summed E-state index contributed by atoms with van der Waals surface area (Å²) in [5, 5.41) is 13.5. The third kappa shape index (κ3) is 5.46. The Morgan fingerprint density at radius 2 is 1.85 bits per heavy atom. The number of esters is 2. The maximum absolute atomic E-state index is 12.4. The number of rotatable bonds is 8. The smallest absolute Gasteiger partial charge is 0.337 e. The summed E-state index contributed by atoms with van der Waals surface area (Å²) in [6.45, 7) is -0.649. The molecular formula is C22H21N3O9. The predicted molar refractivity (Wildman–Crippen MR) is 117 cm³/mol. The van der Waals surface area contributed by atoms with Gasteiger partial charge in [-0.25, -0.2) is 4.79 Å². The van der Waals surface area contributed by atoms with Crippen LogP contribution in [0.5, 0.6) is 5.75 Å². The van der Waals surface area contributed by atoms with Crippen molar-refractivity contribution in [2.75, 3.05) is 37.6 Å². The number of methoxy groups -OCH3 is 2. The molecule has 1 saturated heterocycles. The Bertz CT molecular complexity index is 1130.